The normalized spacial score (nSPS) is 28.2. The summed E-state index contributed by atoms with van der Waals surface area (Å²) in [6.07, 6.45) is 3.42. The Morgan fingerprint density at radius 1 is 1.31 bits per heavy atom. The number of hydrogen-bond donors (Lipinski definition) is 2. The van der Waals surface area contributed by atoms with Gasteiger partial charge < -0.3 is 10.4 Å². The number of nitrogens with one attached hydrogen (secondary N) is 1. The van der Waals surface area contributed by atoms with E-state index < -0.39 is 5.60 Å². The third-order valence-corrected chi connectivity index (χ3v) is 4.10. The predicted octanol–water partition coefficient (Wildman–Crippen LogP) is 2.03. The van der Waals surface area contributed by atoms with Gasteiger partial charge >= 0.3 is 0 Å². The molecule has 2 unspecified atom stereocenters. The van der Waals surface area contributed by atoms with Crippen LogP contribution in [0.4, 0.5) is 0 Å². The highest BCUT2D eigenvalue weighted by molar-refractivity contribution is 5.34. The standard InChI is InChI=1S/C14H19NO/c1-14(16,11-6-7-11)13-12-5-3-2-4-10(12)8-9-15-13/h2-5,11,13,15-16H,6-9H2,1H3. The summed E-state index contributed by atoms with van der Waals surface area (Å²) in [5, 5.41) is 14.2. The van der Waals surface area contributed by atoms with Crippen molar-refractivity contribution in [3.63, 3.8) is 0 Å². The molecule has 2 N–H and O–H groups in total. The topological polar surface area (TPSA) is 32.3 Å². The van der Waals surface area contributed by atoms with Gasteiger partial charge in [-0.15, -0.1) is 0 Å². The van der Waals surface area contributed by atoms with Crippen molar-refractivity contribution >= 4 is 0 Å². The molecule has 0 radical (unpaired) electrons. The van der Waals surface area contributed by atoms with Gasteiger partial charge in [-0.05, 0) is 49.8 Å². The summed E-state index contributed by atoms with van der Waals surface area (Å²) in [6.45, 7) is 2.97. The van der Waals surface area contributed by atoms with Crippen LogP contribution in [0.5, 0.6) is 0 Å². The summed E-state index contributed by atoms with van der Waals surface area (Å²) in [5.74, 6) is 0.483. The van der Waals surface area contributed by atoms with Gasteiger partial charge in [-0.2, -0.15) is 0 Å². The van der Waals surface area contributed by atoms with E-state index in [-0.39, 0.29) is 6.04 Å². The molecule has 0 aromatic heterocycles. The SMILES string of the molecule is CC(O)(C1CC1)C1NCCc2ccccc21. The molecule has 0 saturated heterocycles. The van der Waals surface area contributed by atoms with E-state index in [1.807, 2.05) is 6.92 Å². The van der Waals surface area contributed by atoms with E-state index >= 15 is 0 Å². The Bertz CT molecular complexity index is 395. The van der Waals surface area contributed by atoms with Gasteiger partial charge in [0.05, 0.1) is 11.6 Å². The molecule has 0 spiro atoms. The maximum Gasteiger partial charge on any atom is 0.0841 e. The number of hydrogen-bond acceptors (Lipinski definition) is 2. The van der Waals surface area contributed by atoms with Gasteiger partial charge in [-0.3, -0.25) is 0 Å². The van der Waals surface area contributed by atoms with Crippen LogP contribution in [-0.4, -0.2) is 17.3 Å². The van der Waals surface area contributed by atoms with Crippen LogP contribution in [0.2, 0.25) is 0 Å². The second-order valence-electron chi connectivity index (χ2n) is 5.34. The Morgan fingerprint density at radius 3 is 2.81 bits per heavy atom. The Labute approximate surface area is 96.7 Å². The van der Waals surface area contributed by atoms with Crippen molar-refractivity contribution in [3.8, 4) is 0 Å². The average Bonchev–Trinajstić information content (AvgIpc) is 3.12. The van der Waals surface area contributed by atoms with E-state index in [0.717, 1.165) is 13.0 Å². The molecule has 2 atom stereocenters. The second-order valence-corrected chi connectivity index (χ2v) is 5.34. The van der Waals surface area contributed by atoms with Crippen LogP contribution in [0.1, 0.15) is 36.9 Å². The molecule has 2 heteroatoms. The lowest BCUT2D eigenvalue weighted by Crippen LogP contribution is -2.46. The highest BCUT2D eigenvalue weighted by atomic mass is 16.3. The summed E-state index contributed by atoms with van der Waals surface area (Å²) in [5.41, 5.74) is 2.11. The summed E-state index contributed by atoms with van der Waals surface area (Å²) >= 11 is 0. The van der Waals surface area contributed by atoms with Crippen molar-refractivity contribution in [2.24, 2.45) is 5.92 Å². The fourth-order valence-corrected chi connectivity index (χ4v) is 2.93. The Hall–Kier alpha value is -0.860. The second kappa shape index (κ2) is 3.57. The molecule has 1 heterocycles. The minimum Gasteiger partial charge on any atom is -0.388 e. The first-order valence-corrected chi connectivity index (χ1v) is 6.23. The third-order valence-electron chi connectivity index (χ3n) is 4.10. The van der Waals surface area contributed by atoms with Crippen LogP contribution in [0, 0.1) is 5.92 Å². The van der Waals surface area contributed by atoms with E-state index in [2.05, 4.69) is 29.6 Å². The lowest BCUT2D eigenvalue weighted by Gasteiger charge is -2.38. The lowest BCUT2D eigenvalue weighted by atomic mass is 9.81. The molecule has 2 nitrogen and oxygen atoms in total. The number of benzene rings is 1. The zero-order valence-electron chi connectivity index (χ0n) is 9.74. The molecule has 86 valence electrons. The van der Waals surface area contributed by atoms with Gasteiger partial charge in [0.25, 0.3) is 0 Å². The first-order valence-electron chi connectivity index (χ1n) is 6.23. The first kappa shape index (κ1) is 10.3. The van der Waals surface area contributed by atoms with Gasteiger partial charge in [-0.25, -0.2) is 0 Å². The number of aliphatic hydroxyl groups is 1. The molecule has 0 amide bonds. The molecule has 1 fully saturated rings. The molecule has 1 aromatic rings. The molecular weight excluding hydrogens is 198 g/mol. The fourth-order valence-electron chi connectivity index (χ4n) is 2.93. The van der Waals surface area contributed by atoms with E-state index in [1.54, 1.807) is 0 Å². The van der Waals surface area contributed by atoms with Crippen molar-refractivity contribution in [3.05, 3.63) is 35.4 Å². The first-order chi connectivity index (χ1) is 7.69. The molecule has 1 aliphatic carbocycles. The smallest absolute Gasteiger partial charge is 0.0841 e. The maximum absolute atomic E-state index is 10.7. The van der Waals surface area contributed by atoms with Gasteiger partial charge in [0, 0.05) is 0 Å². The minimum atomic E-state index is -0.587. The van der Waals surface area contributed by atoms with E-state index in [0.29, 0.717) is 5.92 Å². The lowest BCUT2D eigenvalue weighted by molar-refractivity contribution is -0.00496. The summed E-state index contributed by atoms with van der Waals surface area (Å²) < 4.78 is 0. The molecule has 0 bridgehead atoms. The molecule has 1 aromatic carbocycles. The molecule has 2 aliphatic rings. The third kappa shape index (κ3) is 1.57. The zero-order valence-corrected chi connectivity index (χ0v) is 9.74. The van der Waals surface area contributed by atoms with Crippen LogP contribution in [0.25, 0.3) is 0 Å². The van der Waals surface area contributed by atoms with Crippen molar-refractivity contribution in [1.82, 2.24) is 5.32 Å². The van der Waals surface area contributed by atoms with Gasteiger partial charge in [-0.1, -0.05) is 24.3 Å². The van der Waals surface area contributed by atoms with Crippen molar-refractivity contribution in [2.75, 3.05) is 6.54 Å². The Kier molecular flexibility index (Phi) is 2.30. The van der Waals surface area contributed by atoms with Crippen LogP contribution in [0.15, 0.2) is 24.3 Å². The van der Waals surface area contributed by atoms with Crippen molar-refractivity contribution in [1.29, 1.82) is 0 Å². The summed E-state index contributed by atoms with van der Waals surface area (Å²) in [4.78, 5) is 0. The van der Waals surface area contributed by atoms with Gasteiger partial charge in [0.2, 0.25) is 0 Å². The Morgan fingerprint density at radius 2 is 2.06 bits per heavy atom. The summed E-state index contributed by atoms with van der Waals surface area (Å²) in [6, 6.07) is 8.62. The Balaban J connectivity index is 1.97. The molecule has 3 rings (SSSR count). The van der Waals surface area contributed by atoms with E-state index in [1.165, 1.54) is 24.0 Å². The summed E-state index contributed by atoms with van der Waals surface area (Å²) in [7, 11) is 0. The van der Waals surface area contributed by atoms with Crippen molar-refractivity contribution < 1.29 is 5.11 Å². The van der Waals surface area contributed by atoms with Crippen LogP contribution < -0.4 is 5.32 Å². The van der Waals surface area contributed by atoms with Gasteiger partial charge in [0.15, 0.2) is 0 Å². The molecule has 1 aliphatic heterocycles. The van der Waals surface area contributed by atoms with Gasteiger partial charge in [0.1, 0.15) is 0 Å². The molecule has 16 heavy (non-hydrogen) atoms. The largest absolute Gasteiger partial charge is 0.388 e. The highest BCUT2D eigenvalue weighted by Crippen LogP contribution is 2.46. The minimum absolute atomic E-state index is 0.116. The number of fused-ring (bicyclic) bond motifs is 1. The monoisotopic (exact) mass is 217 g/mol. The predicted molar refractivity (Wildman–Crippen MR) is 64.2 cm³/mol. The maximum atomic E-state index is 10.7. The van der Waals surface area contributed by atoms with E-state index in [9.17, 15) is 5.11 Å². The molecular formula is C14H19NO. The average molecular weight is 217 g/mol. The van der Waals surface area contributed by atoms with Crippen LogP contribution in [0.3, 0.4) is 0 Å². The van der Waals surface area contributed by atoms with Crippen molar-refractivity contribution in [2.45, 2.75) is 37.8 Å². The number of rotatable bonds is 2. The fraction of sp³-hybridized carbons (Fsp3) is 0.571. The molecule has 1 saturated carbocycles. The van der Waals surface area contributed by atoms with Crippen LogP contribution >= 0.6 is 0 Å². The quantitative estimate of drug-likeness (QED) is 0.794. The van der Waals surface area contributed by atoms with E-state index in [4.69, 9.17) is 0 Å². The zero-order chi connectivity index (χ0) is 11.2. The van der Waals surface area contributed by atoms with Crippen LogP contribution in [-0.2, 0) is 6.42 Å². The highest BCUT2D eigenvalue weighted by Gasteiger charge is 2.47.